The molecule has 0 spiro atoms. The first-order chi connectivity index (χ1) is 14.1. The van der Waals surface area contributed by atoms with Crippen molar-refractivity contribution in [2.75, 3.05) is 18.9 Å². The summed E-state index contributed by atoms with van der Waals surface area (Å²) in [4.78, 5) is 40.7. The average molecular weight is 451 g/mol. The Hall–Kier alpha value is -3.25. The predicted molar refractivity (Wildman–Crippen MR) is 109 cm³/mol. The molecule has 0 bridgehead atoms. The molecule has 2 aromatic heterocycles. The van der Waals surface area contributed by atoms with Crippen LogP contribution >= 0.6 is 11.3 Å². The number of ether oxygens (including phenoxy) is 2. The number of benzene rings is 1. The van der Waals surface area contributed by atoms with Crippen LogP contribution in [0.1, 0.15) is 32.1 Å². The normalized spacial score (nSPS) is 11.3. The van der Waals surface area contributed by atoms with Gasteiger partial charge in [0.2, 0.25) is 0 Å². The van der Waals surface area contributed by atoms with Gasteiger partial charge in [-0.1, -0.05) is 0 Å². The minimum absolute atomic E-state index is 0.0201. The predicted octanol–water partition coefficient (Wildman–Crippen LogP) is 1.75. The number of hydrogen-bond donors (Lipinski definition) is 1. The van der Waals surface area contributed by atoms with E-state index in [4.69, 9.17) is 0 Å². The van der Waals surface area contributed by atoms with Crippen LogP contribution in [0, 0.1) is 13.8 Å². The van der Waals surface area contributed by atoms with Crippen molar-refractivity contribution >= 4 is 43.9 Å². The van der Waals surface area contributed by atoms with E-state index in [1.54, 1.807) is 12.3 Å². The minimum Gasteiger partial charge on any atom is -0.465 e. The lowest BCUT2D eigenvalue weighted by atomic mass is 10.1. The number of fused-ring (bicyclic) bond motifs is 1. The van der Waals surface area contributed by atoms with Gasteiger partial charge in [0.15, 0.2) is 9.86 Å². The molecule has 0 aliphatic carbocycles. The molecular formula is C18H17N3O7S2. The Kier molecular flexibility index (Phi) is 5.63. The zero-order chi connectivity index (χ0) is 22.2. The molecule has 10 nitrogen and oxygen atoms in total. The highest BCUT2D eigenvalue weighted by Gasteiger charge is 2.26. The third kappa shape index (κ3) is 3.78. The number of aromatic nitrogens is 2. The van der Waals surface area contributed by atoms with Crippen LogP contribution in [0.25, 0.3) is 4.96 Å². The van der Waals surface area contributed by atoms with E-state index in [9.17, 15) is 22.8 Å². The van der Waals surface area contributed by atoms with Crippen LogP contribution in [0.15, 0.2) is 33.3 Å². The molecule has 3 aromatic rings. The summed E-state index contributed by atoms with van der Waals surface area (Å²) in [6.45, 7) is 3.07. The van der Waals surface area contributed by atoms with Gasteiger partial charge in [-0.15, -0.1) is 11.3 Å². The van der Waals surface area contributed by atoms with Gasteiger partial charge in [0.1, 0.15) is 0 Å². The van der Waals surface area contributed by atoms with E-state index in [0.717, 1.165) is 14.2 Å². The highest BCUT2D eigenvalue weighted by atomic mass is 32.2. The number of hydrogen-bond acceptors (Lipinski definition) is 9. The van der Waals surface area contributed by atoms with Gasteiger partial charge in [-0.25, -0.2) is 23.0 Å². The third-order valence-electron chi connectivity index (χ3n) is 4.16. The van der Waals surface area contributed by atoms with E-state index in [0.29, 0.717) is 10.7 Å². The van der Waals surface area contributed by atoms with Crippen LogP contribution in [-0.2, 0) is 19.5 Å². The summed E-state index contributed by atoms with van der Waals surface area (Å²) in [5, 5.41) is 1.69. The van der Waals surface area contributed by atoms with Crippen molar-refractivity contribution in [3.05, 3.63) is 56.4 Å². The molecule has 1 N–H and O–H groups in total. The van der Waals surface area contributed by atoms with E-state index in [2.05, 4.69) is 19.2 Å². The molecule has 0 amide bonds. The van der Waals surface area contributed by atoms with E-state index in [1.807, 2.05) is 0 Å². The molecule has 0 fully saturated rings. The van der Waals surface area contributed by atoms with Gasteiger partial charge in [-0.2, -0.15) is 0 Å². The number of thiazole rings is 1. The molecule has 0 unspecified atom stereocenters. The topological polar surface area (TPSA) is 133 Å². The lowest BCUT2D eigenvalue weighted by Crippen LogP contribution is -2.28. The van der Waals surface area contributed by atoms with Crippen LogP contribution in [-0.4, -0.2) is 44.0 Å². The summed E-state index contributed by atoms with van der Waals surface area (Å²) in [6.07, 6.45) is 0. The zero-order valence-electron chi connectivity index (χ0n) is 16.4. The maximum absolute atomic E-state index is 13.0. The van der Waals surface area contributed by atoms with Crippen LogP contribution in [0.3, 0.4) is 0 Å². The Morgan fingerprint density at radius 3 is 2.17 bits per heavy atom. The van der Waals surface area contributed by atoms with Crippen molar-refractivity contribution in [3.8, 4) is 0 Å². The number of nitrogens with zero attached hydrogens (tertiary/aromatic N) is 2. The SMILES string of the molecule is COC(=O)c1cc(NS(=O)(=O)c2c(C)nc3scc(C)n3c2=O)cc(C(=O)OC)c1. The van der Waals surface area contributed by atoms with E-state index >= 15 is 0 Å². The molecule has 0 saturated carbocycles. The van der Waals surface area contributed by atoms with Crippen molar-refractivity contribution in [2.24, 2.45) is 0 Å². The summed E-state index contributed by atoms with van der Waals surface area (Å²) in [5.41, 5.74) is -0.454. The van der Waals surface area contributed by atoms with Gasteiger partial charge >= 0.3 is 11.9 Å². The van der Waals surface area contributed by atoms with Crippen molar-refractivity contribution in [2.45, 2.75) is 18.7 Å². The number of rotatable bonds is 5. The Morgan fingerprint density at radius 1 is 1.07 bits per heavy atom. The largest absolute Gasteiger partial charge is 0.465 e. The van der Waals surface area contributed by atoms with Crippen molar-refractivity contribution < 1.29 is 27.5 Å². The van der Waals surface area contributed by atoms with Crippen LogP contribution in [0.5, 0.6) is 0 Å². The molecule has 0 aliphatic heterocycles. The molecule has 0 saturated heterocycles. The second kappa shape index (κ2) is 7.88. The molecule has 0 aliphatic rings. The summed E-state index contributed by atoms with van der Waals surface area (Å²) in [7, 11) is -2.12. The molecule has 0 atom stereocenters. The quantitative estimate of drug-likeness (QED) is 0.580. The minimum atomic E-state index is -4.40. The van der Waals surface area contributed by atoms with Crippen molar-refractivity contribution in [1.82, 2.24) is 9.38 Å². The summed E-state index contributed by atoms with van der Waals surface area (Å²) in [5.74, 6) is -1.57. The number of aryl methyl sites for hydroxylation is 2. The zero-order valence-corrected chi connectivity index (χ0v) is 18.0. The number of esters is 2. The fraction of sp³-hybridized carbons (Fsp3) is 0.222. The van der Waals surface area contributed by atoms with Gasteiger partial charge < -0.3 is 9.47 Å². The fourth-order valence-corrected chi connectivity index (χ4v) is 5.03. The lowest BCUT2D eigenvalue weighted by molar-refractivity contribution is 0.0599. The van der Waals surface area contributed by atoms with Gasteiger partial charge in [0.05, 0.1) is 36.7 Å². The monoisotopic (exact) mass is 451 g/mol. The summed E-state index contributed by atoms with van der Waals surface area (Å²) in [6, 6.07) is 3.58. The third-order valence-corrected chi connectivity index (χ3v) is 6.62. The highest BCUT2D eigenvalue weighted by molar-refractivity contribution is 7.92. The number of sulfonamides is 1. The van der Waals surface area contributed by atoms with Crippen molar-refractivity contribution in [3.63, 3.8) is 0 Å². The molecule has 30 heavy (non-hydrogen) atoms. The second-order valence-electron chi connectivity index (χ2n) is 6.21. The van der Waals surface area contributed by atoms with Gasteiger partial charge in [-0.3, -0.25) is 13.9 Å². The Morgan fingerprint density at radius 2 is 1.63 bits per heavy atom. The van der Waals surface area contributed by atoms with Crippen LogP contribution in [0.2, 0.25) is 0 Å². The van der Waals surface area contributed by atoms with Gasteiger partial charge in [0.25, 0.3) is 15.6 Å². The van der Waals surface area contributed by atoms with Gasteiger partial charge in [-0.05, 0) is 32.0 Å². The molecule has 12 heteroatoms. The summed E-state index contributed by atoms with van der Waals surface area (Å²) >= 11 is 1.21. The summed E-state index contributed by atoms with van der Waals surface area (Å²) < 4.78 is 38.8. The Bertz CT molecular complexity index is 1310. The van der Waals surface area contributed by atoms with E-state index < -0.39 is 32.4 Å². The number of carbonyl (C=O) groups excluding carboxylic acids is 2. The molecule has 1 aromatic carbocycles. The first kappa shape index (κ1) is 21.5. The fourth-order valence-electron chi connectivity index (χ4n) is 2.84. The maximum Gasteiger partial charge on any atom is 0.337 e. The van der Waals surface area contributed by atoms with Crippen LogP contribution in [0.4, 0.5) is 5.69 Å². The molecule has 158 valence electrons. The average Bonchev–Trinajstić information content (AvgIpc) is 3.06. The Labute approximate surface area is 175 Å². The van der Waals surface area contributed by atoms with E-state index in [-0.39, 0.29) is 22.5 Å². The standard InChI is InChI=1S/C18H17N3O7S2/c1-9-8-29-18-19-10(2)14(15(22)21(9)18)30(25,26)20-13-6-11(16(23)27-3)5-12(7-13)17(24)28-4/h5-8,20H,1-4H3. The smallest absolute Gasteiger partial charge is 0.337 e. The maximum atomic E-state index is 13.0. The van der Waals surface area contributed by atoms with Crippen LogP contribution < -0.4 is 10.3 Å². The molecule has 2 heterocycles. The van der Waals surface area contributed by atoms with E-state index in [1.165, 1.54) is 40.9 Å². The molecule has 3 rings (SSSR count). The lowest BCUT2D eigenvalue weighted by Gasteiger charge is -2.12. The number of carbonyl (C=O) groups is 2. The number of nitrogens with one attached hydrogen (secondary N) is 1. The first-order valence-corrected chi connectivity index (χ1v) is 10.8. The second-order valence-corrected chi connectivity index (χ2v) is 8.67. The molecule has 0 radical (unpaired) electrons. The highest BCUT2D eigenvalue weighted by Crippen LogP contribution is 2.22. The molecular weight excluding hydrogens is 434 g/mol. The van der Waals surface area contributed by atoms with Crippen molar-refractivity contribution in [1.29, 1.82) is 0 Å². The first-order valence-electron chi connectivity index (χ1n) is 8.41. The van der Waals surface area contributed by atoms with Gasteiger partial charge in [0, 0.05) is 11.1 Å². The number of anilines is 1. The number of methoxy groups -OCH3 is 2. The Balaban J connectivity index is 2.15.